The van der Waals surface area contributed by atoms with Gasteiger partial charge in [-0.3, -0.25) is 19.3 Å². The second-order valence-corrected chi connectivity index (χ2v) is 5.17. The summed E-state index contributed by atoms with van der Waals surface area (Å²) in [6.07, 6.45) is -0.305. The Labute approximate surface area is 114 Å². The van der Waals surface area contributed by atoms with E-state index in [1.165, 1.54) is 16.2 Å². The Morgan fingerprint density at radius 1 is 1.32 bits per heavy atom. The molecule has 0 fully saturated rings. The summed E-state index contributed by atoms with van der Waals surface area (Å²) in [5.41, 5.74) is 0. The summed E-state index contributed by atoms with van der Waals surface area (Å²) >= 11 is 1.25. The summed E-state index contributed by atoms with van der Waals surface area (Å²) in [5.74, 6) is -3.08. The smallest absolute Gasteiger partial charge is 0.317 e. The van der Waals surface area contributed by atoms with Gasteiger partial charge in [0.1, 0.15) is 0 Å². The Bertz CT molecular complexity index is 457. The number of thiophene rings is 1. The fraction of sp³-hybridized carbons (Fsp3) is 0.417. The van der Waals surface area contributed by atoms with Crippen LogP contribution in [-0.2, 0) is 9.59 Å². The van der Waals surface area contributed by atoms with Gasteiger partial charge in [0.2, 0.25) is 0 Å². The molecule has 0 bridgehead atoms. The van der Waals surface area contributed by atoms with Crippen LogP contribution in [0.3, 0.4) is 0 Å². The largest absolute Gasteiger partial charge is 0.481 e. The van der Waals surface area contributed by atoms with Crippen molar-refractivity contribution in [3.05, 3.63) is 22.4 Å². The van der Waals surface area contributed by atoms with Crippen molar-refractivity contribution in [2.24, 2.45) is 5.92 Å². The van der Waals surface area contributed by atoms with Gasteiger partial charge in [-0.1, -0.05) is 6.07 Å². The Hall–Kier alpha value is -1.73. The number of carbonyl (C=O) groups is 3. The maximum absolute atomic E-state index is 12.1. The van der Waals surface area contributed by atoms with E-state index in [0.717, 1.165) is 0 Å². The summed E-state index contributed by atoms with van der Waals surface area (Å²) in [7, 11) is 1.55. The minimum Gasteiger partial charge on any atom is -0.481 e. The van der Waals surface area contributed by atoms with Crippen molar-refractivity contribution in [2.75, 3.05) is 20.1 Å². The van der Waals surface area contributed by atoms with Gasteiger partial charge in [0.05, 0.1) is 17.8 Å². The summed E-state index contributed by atoms with van der Waals surface area (Å²) in [6.45, 7) is -0.122. The van der Waals surface area contributed by atoms with E-state index in [9.17, 15) is 14.4 Å². The molecule has 0 aromatic carbocycles. The molecule has 6 nitrogen and oxygen atoms in total. The highest BCUT2D eigenvalue weighted by Gasteiger charge is 2.25. The van der Waals surface area contributed by atoms with Crippen molar-refractivity contribution in [2.45, 2.75) is 6.42 Å². The molecule has 0 aliphatic heterocycles. The molecule has 1 atom stereocenters. The monoisotopic (exact) mass is 285 g/mol. The van der Waals surface area contributed by atoms with Gasteiger partial charge >= 0.3 is 11.9 Å². The third-order valence-electron chi connectivity index (χ3n) is 2.49. The number of nitrogens with zero attached hydrogens (tertiary/aromatic N) is 1. The van der Waals surface area contributed by atoms with Crippen molar-refractivity contribution in [3.8, 4) is 0 Å². The van der Waals surface area contributed by atoms with Crippen LogP contribution in [0.5, 0.6) is 0 Å². The van der Waals surface area contributed by atoms with E-state index in [1.807, 2.05) is 0 Å². The maximum atomic E-state index is 12.1. The van der Waals surface area contributed by atoms with Crippen LogP contribution in [-0.4, -0.2) is 53.0 Å². The van der Waals surface area contributed by atoms with E-state index in [2.05, 4.69) is 0 Å². The predicted molar refractivity (Wildman–Crippen MR) is 69.5 cm³/mol. The van der Waals surface area contributed by atoms with E-state index in [-0.39, 0.29) is 25.3 Å². The molecular formula is C12H15NO5S. The molecule has 0 aliphatic carbocycles. The second-order valence-electron chi connectivity index (χ2n) is 4.23. The zero-order valence-corrected chi connectivity index (χ0v) is 11.2. The lowest BCUT2D eigenvalue weighted by Crippen LogP contribution is -2.35. The van der Waals surface area contributed by atoms with E-state index in [1.54, 1.807) is 24.6 Å². The van der Waals surface area contributed by atoms with E-state index in [4.69, 9.17) is 10.2 Å². The van der Waals surface area contributed by atoms with E-state index < -0.39 is 17.9 Å². The Morgan fingerprint density at radius 2 is 2.00 bits per heavy atom. The fourth-order valence-electron chi connectivity index (χ4n) is 1.74. The fourth-order valence-corrected chi connectivity index (χ4v) is 2.49. The minimum atomic E-state index is -1.07. The molecule has 7 heteroatoms. The Balaban J connectivity index is 2.74. The van der Waals surface area contributed by atoms with Crippen LogP contribution < -0.4 is 0 Å². The number of Topliss-reactive ketones (excluding diaryl/α,β-unsaturated/α-hetero) is 1. The molecular weight excluding hydrogens is 270 g/mol. The summed E-state index contributed by atoms with van der Waals surface area (Å²) in [4.78, 5) is 35.4. The van der Waals surface area contributed by atoms with Crippen molar-refractivity contribution < 1.29 is 24.6 Å². The van der Waals surface area contributed by atoms with Gasteiger partial charge in [-0.05, 0) is 18.5 Å². The van der Waals surface area contributed by atoms with Crippen LogP contribution in [0.25, 0.3) is 0 Å². The lowest BCUT2D eigenvalue weighted by Gasteiger charge is -2.20. The lowest BCUT2D eigenvalue weighted by molar-refractivity contribution is -0.138. The zero-order valence-electron chi connectivity index (χ0n) is 10.4. The van der Waals surface area contributed by atoms with Crippen LogP contribution in [0, 0.1) is 5.92 Å². The number of aliphatic carboxylic acids is 2. The highest BCUT2D eigenvalue weighted by Crippen LogP contribution is 2.18. The number of carboxylic acids is 2. The van der Waals surface area contributed by atoms with E-state index in [0.29, 0.717) is 4.88 Å². The Kier molecular flexibility index (Phi) is 5.65. The van der Waals surface area contributed by atoms with Crippen molar-refractivity contribution in [1.82, 2.24) is 4.90 Å². The maximum Gasteiger partial charge on any atom is 0.317 e. The normalized spacial score (nSPS) is 12.3. The Morgan fingerprint density at radius 3 is 2.47 bits per heavy atom. The van der Waals surface area contributed by atoms with Crippen molar-refractivity contribution in [1.29, 1.82) is 0 Å². The first kappa shape index (κ1) is 15.3. The quantitative estimate of drug-likeness (QED) is 0.693. The molecule has 1 aromatic heterocycles. The SMILES string of the molecule is CN(CC(=O)O)CC(CC(=O)O)C(=O)c1cccs1. The van der Waals surface area contributed by atoms with Crippen molar-refractivity contribution in [3.63, 3.8) is 0 Å². The van der Waals surface area contributed by atoms with Gasteiger partial charge in [-0.15, -0.1) is 11.3 Å². The summed E-state index contributed by atoms with van der Waals surface area (Å²) in [5, 5.41) is 19.2. The summed E-state index contributed by atoms with van der Waals surface area (Å²) < 4.78 is 0. The van der Waals surface area contributed by atoms with Crippen LogP contribution in [0.2, 0.25) is 0 Å². The van der Waals surface area contributed by atoms with Crippen molar-refractivity contribution >= 4 is 29.1 Å². The number of rotatable bonds is 8. The van der Waals surface area contributed by atoms with Gasteiger partial charge in [0.25, 0.3) is 0 Å². The number of likely N-dealkylation sites (N-methyl/N-ethyl adjacent to an activating group) is 1. The molecule has 0 amide bonds. The molecule has 104 valence electrons. The molecule has 0 aliphatic rings. The van der Waals surface area contributed by atoms with Gasteiger partial charge in [0.15, 0.2) is 5.78 Å². The van der Waals surface area contributed by atoms with Gasteiger partial charge in [-0.2, -0.15) is 0 Å². The third kappa shape index (κ3) is 5.19. The highest BCUT2D eigenvalue weighted by molar-refractivity contribution is 7.12. The number of ketones is 1. The molecule has 0 saturated carbocycles. The number of hydrogen-bond acceptors (Lipinski definition) is 5. The first-order chi connectivity index (χ1) is 8.90. The average Bonchev–Trinajstić information content (AvgIpc) is 2.78. The molecule has 0 spiro atoms. The molecule has 2 N–H and O–H groups in total. The first-order valence-electron chi connectivity index (χ1n) is 5.60. The molecule has 1 unspecified atom stereocenters. The number of carbonyl (C=O) groups excluding carboxylic acids is 1. The topological polar surface area (TPSA) is 94.9 Å². The first-order valence-corrected chi connectivity index (χ1v) is 6.48. The molecule has 0 saturated heterocycles. The number of carboxylic acid groups (broad SMARTS) is 2. The lowest BCUT2D eigenvalue weighted by atomic mass is 9.98. The summed E-state index contributed by atoms with van der Waals surface area (Å²) in [6, 6.07) is 3.36. The zero-order chi connectivity index (χ0) is 14.4. The average molecular weight is 285 g/mol. The molecule has 1 heterocycles. The molecule has 1 rings (SSSR count). The van der Waals surface area contributed by atoms with Crippen LogP contribution in [0.1, 0.15) is 16.1 Å². The second kappa shape index (κ2) is 7.01. The minimum absolute atomic E-state index is 0.106. The standard InChI is InChI=1S/C12H15NO5S/c1-13(7-11(16)17)6-8(5-10(14)15)12(18)9-3-2-4-19-9/h2-4,8H,5-7H2,1H3,(H,14,15)(H,16,17). The predicted octanol–water partition coefficient (Wildman–Crippen LogP) is 1.04. The molecule has 19 heavy (non-hydrogen) atoms. The van der Waals surface area contributed by atoms with Crippen LogP contribution in [0.15, 0.2) is 17.5 Å². The van der Waals surface area contributed by atoms with Gasteiger partial charge < -0.3 is 10.2 Å². The van der Waals surface area contributed by atoms with E-state index >= 15 is 0 Å². The number of hydrogen-bond donors (Lipinski definition) is 2. The third-order valence-corrected chi connectivity index (χ3v) is 3.38. The molecule has 0 radical (unpaired) electrons. The van der Waals surface area contributed by atoms with Gasteiger partial charge in [-0.25, -0.2) is 0 Å². The highest BCUT2D eigenvalue weighted by atomic mass is 32.1. The van der Waals surface area contributed by atoms with Crippen LogP contribution >= 0.6 is 11.3 Å². The molecule has 1 aromatic rings. The van der Waals surface area contributed by atoms with Gasteiger partial charge in [0, 0.05) is 12.5 Å². The van der Waals surface area contributed by atoms with Crippen LogP contribution in [0.4, 0.5) is 0 Å².